The van der Waals surface area contributed by atoms with Crippen molar-refractivity contribution < 1.29 is 14.0 Å². The molecule has 17 heavy (non-hydrogen) atoms. The molecule has 0 aliphatic heterocycles. The molecule has 0 spiro atoms. The summed E-state index contributed by atoms with van der Waals surface area (Å²) in [5, 5.41) is 13.6. The van der Waals surface area contributed by atoms with Crippen molar-refractivity contribution in [2.45, 2.75) is 25.9 Å². The lowest BCUT2D eigenvalue weighted by atomic mass is 10.0. The van der Waals surface area contributed by atoms with Gasteiger partial charge < -0.3 is 19.8 Å². The van der Waals surface area contributed by atoms with Crippen LogP contribution in [0.1, 0.15) is 18.6 Å². The molecule has 6 nitrogen and oxygen atoms in total. The summed E-state index contributed by atoms with van der Waals surface area (Å²) in [7, 11) is 0. The number of hydrogen-bond donors (Lipinski definition) is 2. The molecule has 0 saturated carbocycles. The first-order chi connectivity index (χ1) is 8.02. The summed E-state index contributed by atoms with van der Waals surface area (Å²) in [6, 6.07) is 1.77. The maximum atomic E-state index is 9.80. The molecule has 92 valence electrons. The van der Waals surface area contributed by atoms with Crippen LogP contribution in [0.4, 0.5) is 0 Å². The van der Waals surface area contributed by atoms with E-state index in [0.29, 0.717) is 11.7 Å². The average Bonchev–Trinajstić information content (AvgIpc) is 2.86. The Balaban J connectivity index is 2.20. The van der Waals surface area contributed by atoms with Gasteiger partial charge in [0.05, 0.1) is 23.8 Å². The molecule has 0 amide bonds. The van der Waals surface area contributed by atoms with Crippen LogP contribution in [-0.2, 0) is 6.42 Å². The van der Waals surface area contributed by atoms with E-state index in [1.165, 1.54) is 0 Å². The third-order valence-electron chi connectivity index (χ3n) is 2.54. The van der Waals surface area contributed by atoms with Gasteiger partial charge in [-0.3, -0.25) is 0 Å². The average molecular weight is 237 g/mol. The molecule has 2 aromatic rings. The number of nitrogens with two attached hydrogens (primary N) is 1. The molecular weight excluding hydrogens is 222 g/mol. The van der Waals surface area contributed by atoms with Crippen LogP contribution in [0.5, 0.6) is 0 Å². The van der Waals surface area contributed by atoms with Crippen molar-refractivity contribution in [3.63, 3.8) is 0 Å². The molecule has 3 N–H and O–H groups in total. The second-order valence-electron chi connectivity index (χ2n) is 4.28. The monoisotopic (exact) mass is 237 g/mol. The Bertz CT molecular complexity index is 502. The highest BCUT2D eigenvalue weighted by atomic mass is 16.5. The Morgan fingerprint density at radius 2 is 2.29 bits per heavy atom. The van der Waals surface area contributed by atoms with Crippen LogP contribution < -0.4 is 5.73 Å². The lowest BCUT2D eigenvalue weighted by Crippen LogP contribution is -2.36. The molecule has 0 aliphatic rings. The summed E-state index contributed by atoms with van der Waals surface area (Å²) >= 11 is 0. The summed E-state index contributed by atoms with van der Waals surface area (Å²) in [5.41, 5.74) is 5.18. The van der Waals surface area contributed by atoms with Gasteiger partial charge in [0.1, 0.15) is 5.76 Å². The van der Waals surface area contributed by atoms with E-state index in [4.69, 9.17) is 14.7 Å². The van der Waals surface area contributed by atoms with Crippen LogP contribution in [0.2, 0.25) is 0 Å². The van der Waals surface area contributed by atoms with Crippen molar-refractivity contribution in [3.8, 4) is 11.4 Å². The van der Waals surface area contributed by atoms with Crippen LogP contribution in [0.3, 0.4) is 0 Å². The van der Waals surface area contributed by atoms with Gasteiger partial charge in [-0.25, -0.2) is 0 Å². The molecule has 0 radical (unpaired) electrons. The molecule has 0 aliphatic carbocycles. The van der Waals surface area contributed by atoms with Crippen molar-refractivity contribution in [2.24, 2.45) is 5.73 Å². The summed E-state index contributed by atoms with van der Waals surface area (Å²) < 4.78 is 10.2. The Morgan fingerprint density at radius 1 is 1.53 bits per heavy atom. The fourth-order valence-electron chi connectivity index (χ4n) is 1.45. The van der Waals surface area contributed by atoms with Gasteiger partial charge in [0.25, 0.3) is 0 Å². The number of aliphatic hydroxyl groups is 1. The lowest BCUT2D eigenvalue weighted by Gasteiger charge is -2.17. The number of nitrogens with zero attached hydrogens (tertiary/aromatic N) is 2. The molecule has 0 aromatic carbocycles. The predicted octanol–water partition coefficient (Wildman–Crippen LogP) is 0.890. The molecule has 0 saturated heterocycles. The zero-order valence-corrected chi connectivity index (χ0v) is 9.80. The maximum Gasteiger partial charge on any atom is 0.229 e. The first-order valence-electron chi connectivity index (χ1n) is 5.31. The number of aromatic nitrogens is 2. The van der Waals surface area contributed by atoms with Crippen molar-refractivity contribution in [1.82, 2.24) is 10.1 Å². The second-order valence-corrected chi connectivity index (χ2v) is 4.28. The number of aryl methyl sites for hydroxylation is 1. The van der Waals surface area contributed by atoms with Crippen LogP contribution in [0.25, 0.3) is 11.4 Å². The smallest absolute Gasteiger partial charge is 0.229 e. The minimum absolute atomic E-state index is 0.134. The van der Waals surface area contributed by atoms with Gasteiger partial charge >= 0.3 is 0 Å². The fraction of sp³-hybridized carbons (Fsp3) is 0.455. The van der Waals surface area contributed by atoms with Gasteiger partial charge in [-0.15, -0.1) is 0 Å². The third-order valence-corrected chi connectivity index (χ3v) is 2.54. The Labute approximate surface area is 98.4 Å². The fourth-order valence-corrected chi connectivity index (χ4v) is 1.45. The van der Waals surface area contributed by atoms with Crippen LogP contribution in [-0.4, -0.2) is 27.4 Å². The van der Waals surface area contributed by atoms with Gasteiger partial charge in [0.2, 0.25) is 11.7 Å². The first kappa shape index (κ1) is 11.8. The van der Waals surface area contributed by atoms with E-state index in [1.54, 1.807) is 19.3 Å². The zero-order valence-electron chi connectivity index (χ0n) is 9.80. The lowest BCUT2D eigenvalue weighted by molar-refractivity contribution is 0.0610. The summed E-state index contributed by atoms with van der Waals surface area (Å²) in [5.74, 6) is 1.54. The number of rotatable bonds is 4. The van der Waals surface area contributed by atoms with Crippen molar-refractivity contribution in [2.75, 3.05) is 6.54 Å². The van der Waals surface area contributed by atoms with E-state index >= 15 is 0 Å². The molecule has 1 atom stereocenters. The molecule has 0 bridgehead atoms. The summed E-state index contributed by atoms with van der Waals surface area (Å²) in [6.07, 6.45) is 1.80. The molecule has 2 heterocycles. The highest BCUT2D eigenvalue weighted by Gasteiger charge is 2.23. The van der Waals surface area contributed by atoms with E-state index in [0.717, 1.165) is 11.3 Å². The first-order valence-corrected chi connectivity index (χ1v) is 5.31. The van der Waals surface area contributed by atoms with Gasteiger partial charge in [0.15, 0.2) is 0 Å². The molecule has 6 heteroatoms. The standard InChI is InChI=1S/C11H15N3O3/c1-7-8(3-4-16-7)10-13-9(17-14-10)5-11(2,15)6-12/h3-4,15H,5-6,12H2,1-2H3. The minimum Gasteiger partial charge on any atom is -0.469 e. The van der Waals surface area contributed by atoms with Crippen LogP contribution in [0.15, 0.2) is 21.3 Å². The molecule has 1 unspecified atom stereocenters. The molecule has 2 aromatic heterocycles. The van der Waals surface area contributed by atoms with E-state index in [9.17, 15) is 5.11 Å². The van der Waals surface area contributed by atoms with Crippen molar-refractivity contribution in [3.05, 3.63) is 24.0 Å². The Morgan fingerprint density at radius 3 is 2.88 bits per heavy atom. The van der Waals surface area contributed by atoms with Gasteiger partial charge in [0, 0.05) is 6.54 Å². The number of furan rings is 1. The van der Waals surface area contributed by atoms with Gasteiger partial charge in [-0.05, 0) is 19.9 Å². The van der Waals surface area contributed by atoms with Gasteiger partial charge in [-0.2, -0.15) is 4.98 Å². The third kappa shape index (κ3) is 2.54. The molecule has 0 fully saturated rings. The van der Waals surface area contributed by atoms with E-state index in [2.05, 4.69) is 10.1 Å². The minimum atomic E-state index is -1.03. The van der Waals surface area contributed by atoms with E-state index in [1.807, 2.05) is 6.92 Å². The second kappa shape index (κ2) is 4.31. The summed E-state index contributed by atoms with van der Waals surface area (Å²) in [6.45, 7) is 3.58. The van der Waals surface area contributed by atoms with Crippen LogP contribution in [0, 0.1) is 6.92 Å². The Hall–Kier alpha value is -1.66. The van der Waals surface area contributed by atoms with E-state index < -0.39 is 5.60 Å². The Kier molecular flexibility index (Phi) is 2.99. The van der Waals surface area contributed by atoms with E-state index in [-0.39, 0.29) is 13.0 Å². The topological polar surface area (TPSA) is 98.3 Å². The highest BCUT2D eigenvalue weighted by molar-refractivity contribution is 5.56. The molecule has 2 rings (SSSR count). The quantitative estimate of drug-likeness (QED) is 0.819. The predicted molar refractivity (Wildman–Crippen MR) is 60.1 cm³/mol. The number of hydrogen-bond acceptors (Lipinski definition) is 6. The van der Waals surface area contributed by atoms with Crippen LogP contribution >= 0.6 is 0 Å². The highest BCUT2D eigenvalue weighted by Crippen LogP contribution is 2.22. The summed E-state index contributed by atoms with van der Waals surface area (Å²) in [4.78, 5) is 4.19. The largest absolute Gasteiger partial charge is 0.469 e. The SMILES string of the molecule is Cc1occc1-c1noc(CC(C)(O)CN)n1. The maximum absolute atomic E-state index is 9.80. The van der Waals surface area contributed by atoms with Crippen molar-refractivity contribution >= 4 is 0 Å². The molecular formula is C11H15N3O3. The van der Waals surface area contributed by atoms with Gasteiger partial charge in [-0.1, -0.05) is 5.16 Å². The van der Waals surface area contributed by atoms with Crippen molar-refractivity contribution in [1.29, 1.82) is 0 Å². The normalized spacial score (nSPS) is 14.8. The zero-order chi connectivity index (χ0) is 12.5.